The number of rotatable bonds is 7. The van der Waals surface area contributed by atoms with E-state index in [1.807, 2.05) is 60.7 Å². The first kappa shape index (κ1) is 27.8. The van der Waals surface area contributed by atoms with Crippen LogP contribution in [0.1, 0.15) is 11.3 Å². The molecule has 0 spiro atoms. The smallest absolute Gasteiger partial charge is 0.270 e. The molecule has 9 nitrogen and oxygen atoms in total. The third-order valence-electron chi connectivity index (χ3n) is 6.19. The predicted octanol–water partition coefficient (Wildman–Crippen LogP) is 7.41. The monoisotopic (exact) mass is 630 g/mol. The highest BCUT2D eigenvalue weighted by Gasteiger charge is 2.16. The number of hydrogen-bond donors (Lipinski definition) is 2. The quantitative estimate of drug-likeness (QED) is 0.106. The van der Waals surface area contributed by atoms with Gasteiger partial charge in [-0.15, -0.1) is 0 Å². The van der Waals surface area contributed by atoms with E-state index in [4.69, 9.17) is 34.8 Å². The number of aromatic amines is 1. The summed E-state index contributed by atoms with van der Waals surface area (Å²) in [5.41, 5.74) is 3.70. The number of H-pyrrole nitrogens is 1. The number of benzene rings is 3. The number of fused-ring (bicyclic) bond motifs is 1. The SMILES string of the molecule is N#Cc1c(-c2ccc(-c3ccccc3)cc2)nc(SCc2cc(Nc3cc(Cl)c(Cl)c(Cl)c3)n3ncnc3n2)[nH]c1=O. The summed E-state index contributed by atoms with van der Waals surface area (Å²) in [5, 5.41) is 18.4. The fourth-order valence-corrected chi connectivity index (χ4v) is 5.58. The van der Waals surface area contributed by atoms with Crippen LogP contribution < -0.4 is 10.9 Å². The molecule has 0 saturated carbocycles. The molecular formula is C29H17Cl3N8OS. The largest absolute Gasteiger partial charge is 0.340 e. The molecule has 13 heteroatoms. The zero-order chi connectivity index (χ0) is 29.2. The highest BCUT2D eigenvalue weighted by atomic mass is 35.5. The van der Waals surface area contributed by atoms with Gasteiger partial charge in [-0.3, -0.25) is 4.79 Å². The van der Waals surface area contributed by atoms with Crippen LogP contribution in [0.5, 0.6) is 0 Å². The molecule has 0 aliphatic carbocycles. The van der Waals surface area contributed by atoms with Crippen molar-refractivity contribution in [2.24, 2.45) is 0 Å². The first-order valence-corrected chi connectivity index (χ1v) is 14.5. The third-order valence-corrected chi connectivity index (χ3v) is 8.30. The van der Waals surface area contributed by atoms with Crippen LogP contribution in [0, 0.1) is 11.3 Å². The highest BCUT2D eigenvalue weighted by Crippen LogP contribution is 2.34. The standard InChI is InChI=1S/C29H17Cl3N8OS/c30-22-10-19(11-23(31)25(22)32)36-24-12-20(37-28-34-15-35-40(24)28)14-42-29-38-26(21(13-33)27(41)39-29)18-8-6-17(7-9-18)16-4-2-1-3-5-16/h1-12,15,36H,14H2,(H,38,39,41). The van der Waals surface area contributed by atoms with Crippen molar-refractivity contribution >= 4 is 63.8 Å². The molecule has 0 atom stereocenters. The van der Waals surface area contributed by atoms with Gasteiger partial charge in [0.2, 0.25) is 0 Å². The Bertz CT molecular complexity index is 2020. The lowest BCUT2D eigenvalue weighted by Crippen LogP contribution is -2.14. The molecule has 3 heterocycles. The van der Waals surface area contributed by atoms with Gasteiger partial charge in [0.1, 0.15) is 23.8 Å². The average Bonchev–Trinajstić information content (AvgIpc) is 3.48. The van der Waals surface area contributed by atoms with Crippen molar-refractivity contribution in [1.82, 2.24) is 29.5 Å². The van der Waals surface area contributed by atoms with Gasteiger partial charge >= 0.3 is 0 Å². The number of nitrogens with zero attached hydrogens (tertiary/aromatic N) is 6. The van der Waals surface area contributed by atoms with E-state index in [0.29, 0.717) is 55.2 Å². The molecule has 0 aliphatic heterocycles. The van der Waals surface area contributed by atoms with Crippen molar-refractivity contribution in [3.63, 3.8) is 0 Å². The molecule has 0 unspecified atom stereocenters. The van der Waals surface area contributed by atoms with Gasteiger partial charge < -0.3 is 10.3 Å². The Kier molecular flexibility index (Phi) is 7.82. The molecule has 3 aromatic heterocycles. The molecule has 0 bridgehead atoms. The Morgan fingerprint density at radius 1 is 0.929 bits per heavy atom. The lowest BCUT2D eigenvalue weighted by Gasteiger charge is -2.11. The Labute approximate surface area is 258 Å². The van der Waals surface area contributed by atoms with Crippen LogP contribution in [0.4, 0.5) is 11.5 Å². The van der Waals surface area contributed by atoms with Crippen LogP contribution in [0.2, 0.25) is 15.1 Å². The van der Waals surface area contributed by atoms with Gasteiger partial charge in [-0.25, -0.2) is 9.97 Å². The van der Waals surface area contributed by atoms with Crippen molar-refractivity contribution in [2.45, 2.75) is 10.9 Å². The highest BCUT2D eigenvalue weighted by molar-refractivity contribution is 7.98. The van der Waals surface area contributed by atoms with Crippen LogP contribution >= 0.6 is 46.6 Å². The van der Waals surface area contributed by atoms with Crippen molar-refractivity contribution in [2.75, 3.05) is 5.32 Å². The average molecular weight is 632 g/mol. The van der Waals surface area contributed by atoms with Crippen LogP contribution in [0.25, 0.3) is 28.2 Å². The molecule has 6 rings (SSSR count). The summed E-state index contributed by atoms with van der Waals surface area (Å²) in [6.45, 7) is 0. The van der Waals surface area contributed by atoms with E-state index in [1.54, 1.807) is 18.2 Å². The molecule has 42 heavy (non-hydrogen) atoms. The Hall–Kier alpha value is -4.40. The summed E-state index contributed by atoms with van der Waals surface area (Å²) in [6, 6.07) is 24.6. The van der Waals surface area contributed by atoms with E-state index in [-0.39, 0.29) is 10.6 Å². The number of thioether (sulfide) groups is 1. The Morgan fingerprint density at radius 3 is 2.33 bits per heavy atom. The molecule has 206 valence electrons. The van der Waals surface area contributed by atoms with E-state index in [1.165, 1.54) is 22.6 Å². The summed E-state index contributed by atoms with van der Waals surface area (Å²) in [7, 11) is 0. The fraction of sp³-hybridized carbons (Fsp3) is 0.0345. The summed E-state index contributed by atoms with van der Waals surface area (Å²) in [4.78, 5) is 28.9. The molecule has 0 aliphatic rings. The van der Waals surface area contributed by atoms with E-state index >= 15 is 0 Å². The van der Waals surface area contributed by atoms with E-state index in [0.717, 1.165) is 11.1 Å². The minimum absolute atomic E-state index is 0.0541. The summed E-state index contributed by atoms with van der Waals surface area (Å²) >= 11 is 19.7. The normalized spacial score (nSPS) is 11.0. The number of nitriles is 1. The van der Waals surface area contributed by atoms with Crippen LogP contribution in [-0.4, -0.2) is 29.5 Å². The second kappa shape index (κ2) is 11.8. The van der Waals surface area contributed by atoms with Crippen LogP contribution in [0.3, 0.4) is 0 Å². The zero-order valence-corrected chi connectivity index (χ0v) is 24.4. The fourth-order valence-electron chi connectivity index (χ4n) is 4.23. The number of aromatic nitrogens is 6. The minimum atomic E-state index is -0.517. The first-order chi connectivity index (χ1) is 20.4. The van der Waals surface area contributed by atoms with Gasteiger partial charge in [0.05, 0.1) is 26.5 Å². The molecule has 0 amide bonds. The van der Waals surface area contributed by atoms with Crippen LogP contribution in [-0.2, 0) is 5.75 Å². The minimum Gasteiger partial charge on any atom is -0.340 e. The van der Waals surface area contributed by atoms with E-state index in [2.05, 4.69) is 30.4 Å². The van der Waals surface area contributed by atoms with Gasteiger partial charge in [0.25, 0.3) is 11.3 Å². The zero-order valence-electron chi connectivity index (χ0n) is 21.3. The van der Waals surface area contributed by atoms with Gasteiger partial charge in [0, 0.05) is 23.1 Å². The van der Waals surface area contributed by atoms with Crippen molar-refractivity contribution in [1.29, 1.82) is 5.26 Å². The number of anilines is 2. The first-order valence-electron chi connectivity index (χ1n) is 12.3. The maximum absolute atomic E-state index is 12.8. The van der Waals surface area contributed by atoms with Gasteiger partial charge in [0.15, 0.2) is 5.16 Å². The maximum Gasteiger partial charge on any atom is 0.270 e. The lowest BCUT2D eigenvalue weighted by atomic mass is 10.0. The van der Waals surface area contributed by atoms with Gasteiger partial charge in [-0.05, 0) is 23.3 Å². The Morgan fingerprint density at radius 2 is 1.62 bits per heavy atom. The predicted molar refractivity (Wildman–Crippen MR) is 166 cm³/mol. The van der Waals surface area contributed by atoms with Crippen molar-refractivity contribution < 1.29 is 0 Å². The third kappa shape index (κ3) is 5.68. The second-order valence-electron chi connectivity index (χ2n) is 8.92. The Balaban J connectivity index is 1.28. The summed E-state index contributed by atoms with van der Waals surface area (Å²) in [5.74, 6) is 1.26. The number of halogens is 3. The lowest BCUT2D eigenvalue weighted by molar-refractivity contribution is 0.924. The topological polar surface area (TPSA) is 125 Å². The van der Waals surface area contributed by atoms with Crippen LogP contribution in [0.15, 0.2) is 89.1 Å². The second-order valence-corrected chi connectivity index (χ2v) is 11.1. The number of hydrogen-bond acceptors (Lipinski definition) is 8. The summed E-state index contributed by atoms with van der Waals surface area (Å²) in [6.07, 6.45) is 1.39. The van der Waals surface area contributed by atoms with Crippen molar-refractivity contribution in [3.05, 3.63) is 116 Å². The van der Waals surface area contributed by atoms with E-state index < -0.39 is 5.56 Å². The van der Waals surface area contributed by atoms with Gasteiger partial charge in [-0.1, -0.05) is 101 Å². The molecule has 6 aromatic rings. The van der Waals surface area contributed by atoms with E-state index in [9.17, 15) is 10.1 Å². The molecule has 0 saturated heterocycles. The maximum atomic E-state index is 12.8. The van der Waals surface area contributed by atoms with Gasteiger partial charge in [-0.2, -0.15) is 19.9 Å². The summed E-state index contributed by atoms with van der Waals surface area (Å²) < 4.78 is 1.53. The van der Waals surface area contributed by atoms with Crippen molar-refractivity contribution in [3.8, 4) is 28.5 Å². The molecule has 0 radical (unpaired) electrons. The molecule has 2 N–H and O–H groups in total. The number of nitrogens with one attached hydrogen (secondary N) is 2. The molecule has 3 aromatic carbocycles. The molecular weight excluding hydrogens is 615 g/mol. The molecule has 0 fully saturated rings.